The molecule has 2 N–H and O–H groups in total. The molecule has 1 atom stereocenters. The minimum Gasteiger partial charge on any atom is -0.504 e. The van der Waals surface area contributed by atoms with Crippen LogP contribution in [0.1, 0.15) is 24.5 Å². The van der Waals surface area contributed by atoms with Crippen molar-refractivity contribution < 1.29 is 28.9 Å². The number of ether oxygens (including phenoxy) is 3. The molecule has 0 saturated heterocycles. The van der Waals surface area contributed by atoms with Gasteiger partial charge in [-0.05, 0) is 42.7 Å². The molecule has 0 aliphatic heterocycles. The zero-order valence-corrected chi connectivity index (χ0v) is 16.4. The molecule has 150 valence electrons. The van der Waals surface area contributed by atoms with Gasteiger partial charge in [0.15, 0.2) is 11.5 Å². The lowest BCUT2D eigenvalue weighted by Crippen LogP contribution is -2.18. The molecule has 0 radical (unpaired) electrons. The van der Waals surface area contributed by atoms with Gasteiger partial charge in [-0.1, -0.05) is 24.3 Å². The van der Waals surface area contributed by atoms with Gasteiger partial charge < -0.3 is 19.3 Å². The van der Waals surface area contributed by atoms with Gasteiger partial charge in [0.25, 0.3) is 0 Å². The summed E-state index contributed by atoms with van der Waals surface area (Å²) in [5.41, 5.74) is 1.20. The number of nitrogens with one attached hydrogen (secondary N) is 1. The first-order valence-corrected chi connectivity index (χ1v) is 9.32. The van der Waals surface area contributed by atoms with Crippen molar-refractivity contribution in [3.8, 4) is 11.5 Å². The summed E-state index contributed by atoms with van der Waals surface area (Å²) in [7, 11) is 1.45. The molecular formula is C20H23NO6S. The van der Waals surface area contributed by atoms with Crippen LogP contribution in [0.15, 0.2) is 48.5 Å². The number of rotatable bonds is 9. The molecule has 1 amide bonds. The van der Waals surface area contributed by atoms with Gasteiger partial charge in [-0.15, -0.1) is 0 Å². The summed E-state index contributed by atoms with van der Waals surface area (Å²) in [6.07, 6.45) is -0.405. The SMILES string of the molecule is COc1ccc([C@@H](CCCOC(=O)CS)OC(=O)Nc2ccccc2)cc1O. The fraction of sp³-hybridized carbons (Fsp3) is 0.300. The minimum atomic E-state index is -0.643. The summed E-state index contributed by atoms with van der Waals surface area (Å²) < 4.78 is 15.6. The predicted molar refractivity (Wildman–Crippen MR) is 108 cm³/mol. The largest absolute Gasteiger partial charge is 0.504 e. The lowest BCUT2D eigenvalue weighted by atomic mass is 10.0. The smallest absolute Gasteiger partial charge is 0.412 e. The molecule has 8 heteroatoms. The van der Waals surface area contributed by atoms with Crippen molar-refractivity contribution in [3.63, 3.8) is 0 Å². The van der Waals surface area contributed by atoms with Crippen molar-refractivity contribution in [2.24, 2.45) is 0 Å². The van der Waals surface area contributed by atoms with Gasteiger partial charge in [0.1, 0.15) is 6.10 Å². The average molecular weight is 405 g/mol. The maximum Gasteiger partial charge on any atom is 0.412 e. The van der Waals surface area contributed by atoms with E-state index in [1.54, 1.807) is 36.4 Å². The molecule has 28 heavy (non-hydrogen) atoms. The van der Waals surface area contributed by atoms with Crippen LogP contribution >= 0.6 is 12.6 Å². The van der Waals surface area contributed by atoms with Crippen LogP contribution in [0.2, 0.25) is 0 Å². The summed E-state index contributed by atoms with van der Waals surface area (Å²) in [6, 6.07) is 13.7. The first-order chi connectivity index (χ1) is 13.5. The van der Waals surface area contributed by atoms with E-state index in [0.717, 1.165) is 0 Å². The van der Waals surface area contributed by atoms with E-state index in [9.17, 15) is 14.7 Å². The highest BCUT2D eigenvalue weighted by Gasteiger charge is 2.19. The fourth-order valence-corrected chi connectivity index (χ4v) is 2.59. The van der Waals surface area contributed by atoms with Crippen LogP contribution in [0.3, 0.4) is 0 Å². The molecule has 0 saturated carbocycles. The highest BCUT2D eigenvalue weighted by molar-refractivity contribution is 7.81. The van der Waals surface area contributed by atoms with Crippen LogP contribution < -0.4 is 10.1 Å². The van der Waals surface area contributed by atoms with Gasteiger partial charge >= 0.3 is 12.1 Å². The van der Waals surface area contributed by atoms with E-state index in [-0.39, 0.29) is 18.1 Å². The third-order valence-corrected chi connectivity index (χ3v) is 4.11. The van der Waals surface area contributed by atoms with Crippen molar-refractivity contribution in [2.75, 3.05) is 24.8 Å². The molecule has 0 bridgehead atoms. The van der Waals surface area contributed by atoms with E-state index in [1.165, 1.54) is 13.2 Å². The molecule has 2 aromatic rings. The molecule has 7 nitrogen and oxygen atoms in total. The molecule has 0 heterocycles. The Morgan fingerprint density at radius 2 is 1.93 bits per heavy atom. The number of thiol groups is 1. The van der Waals surface area contributed by atoms with Crippen molar-refractivity contribution in [1.29, 1.82) is 0 Å². The Bertz CT molecular complexity index is 784. The number of amides is 1. The van der Waals surface area contributed by atoms with Gasteiger partial charge in [-0.25, -0.2) is 4.79 Å². The summed E-state index contributed by atoms with van der Waals surface area (Å²) in [5, 5.41) is 12.7. The first-order valence-electron chi connectivity index (χ1n) is 8.69. The topological polar surface area (TPSA) is 94.1 Å². The van der Waals surface area contributed by atoms with Crippen molar-refractivity contribution in [2.45, 2.75) is 18.9 Å². The highest BCUT2D eigenvalue weighted by Crippen LogP contribution is 2.32. The molecule has 0 aliphatic carbocycles. The predicted octanol–water partition coefficient (Wildman–Crippen LogP) is 3.94. The van der Waals surface area contributed by atoms with Crippen LogP contribution in [-0.4, -0.2) is 36.6 Å². The summed E-state index contributed by atoms with van der Waals surface area (Å²) >= 11 is 3.85. The summed E-state index contributed by atoms with van der Waals surface area (Å²) in [4.78, 5) is 23.5. The third kappa shape index (κ3) is 6.70. The minimum absolute atomic E-state index is 0.00572. The molecule has 0 unspecified atom stereocenters. The van der Waals surface area contributed by atoms with E-state index in [4.69, 9.17) is 14.2 Å². The van der Waals surface area contributed by atoms with Crippen LogP contribution in [0.4, 0.5) is 10.5 Å². The van der Waals surface area contributed by atoms with Gasteiger partial charge in [-0.2, -0.15) is 12.6 Å². The number of phenols is 1. The highest BCUT2D eigenvalue weighted by atomic mass is 32.1. The number of methoxy groups -OCH3 is 1. The molecule has 0 spiro atoms. The number of benzene rings is 2. The Morgan fingerprint density at radius 3 is 2.57 bits per heavy atom. The zero-order chi connectivity index (χ0) is 20.4. The molecular weight excluding hydrogens is 382 g/mol. The van der Waals surface area contributed by atoms with Crippen molar-refractivity contribution in [3.05, 3.63) is 54.1 Å². The van der Waals surface area contributed by atoms with E-state index in [2.05, 4.69) is 17.9 Å². The van der Waals surface area contributed by atoms with Crippen LogP contribution in [-0.2, 0) is 14.3 Å². The monoisotopic (exact) mass is 405 g/mol. The normalized spacial score (nSPS) is 11.4. The Labute approximate surface area is 169 Å². The molecule has 0 fully saturated rings. The summed E-state index contributed by atoms with van der Waals surface area (Å²) in [5.74, 6) is -0.145. The molecule has 2 rings (SSSR count). The molecule has 2 aromatic carbocycles. The average Bonchev–Trinajstić information content (AvgIpc) is 2.70. The van der Waals surface area contributed by atoms with Gasteiger partial charge in [0, 0.05) is 5.69 Å². The third-order valence-electron chi connectivity index (χ3n) is 3.85. The van der Waals surface area contributed by atoms with Gasteiger partial charge in [0.2, 0.25) is 0 Å². The van der Waals surface area contributed by atoms with Gasteiger partial charge in [0.05, 0.1) is 19.5 Å². The number of phenolic OH excluding ortho intramolecular Hbond substituents is 1. The second kappa shape index (κ2) is 11.1. The number of carbonyl (C=O) groups excluding carboxylic acids is 2. The van der Waals surface area contributed by atoms with Crippen molar-refractivity contribution >= 4 is 30.4 Å². The molecule has 0 aromatic heterocycles. The van der Waals surface area contributed by atoms with E-state index in [1.807, 2.05) is 6.07 Å². The zero-order valence-electron chi connectivity index (χ0n) is 15.5. The van der Waals surface area contributed by atoms with Crippen molar-refractivity contribution in [1.82, 2.24) is 0 Å². The summed E-state index contributed by atoms with van der Waals surface area (Å²) in [6.45, 7) is 0.182. The van der Waals surface area contributed by atoms with E-state index in [0.29, 0.717) is 29.8 Å². The number of aromatic hydroxyl groups is 1. The lowest BCUT2D eigenvalue weighted by molar-refractivity contribution is -0.140. The second-order valence-corrected chi connectivity index (χ2v) is 6.15. The van der Waals surface area contributed by atoms with Crippen LogP contribution in [0, 0.1) is 0 Å². The Hall–Kier alpha value is -2.87. The number of hydrogen-bond acceptors (Lipinski definition) is 7. The lowest BCUT2D eigenvalue weighted by Gasteiger charge is -2.19. The Balaban J connectivity index is 2.05. The number of carbonyl (C=O) groups is 2. The quantitative estimate of drug-likeness (QED) is 0.332. The number of para-hydroxylation sites is 1. The standard InChI is InChI=1S/C20H23NO6S/c1-25-18-10-9-14(12-16(18)22)17(8-5-11-26-19(23)13-28)27-20(24)21-15-6-3-2-4-7-15/h2-4,6-7,9-10,12,17,22,28H,5,8,11,13H2,1H3,(H,21,24)/t17-/m1/s1. The van der Waals surface area contributed by atoms with E-state index < -0.39 is 18.2 Å². The van der Waals surface area contributed by atoms with Crippen LogP contribution in [0.5, 0.6) is 11.5 Å². The first kappa shape index (κ1) is 21.4. The Morgan fingerprint density at radius 1 is 1.18 bits per heavy atom. The maximum atomic E-state index is 12.3. The second-order valence-electron chi connectivity index (χ2n) is 5.84. The Kier molecular flexibility index (Phi) is 8.48. The van der Waals surface area contributed by atoms with Gasteiger partial charge in [-0.3, -0.25) is 10.1 Å². The van der Waals surface area contributed by atoms with E-state index >= 15 is 0 Å². The number of anilines is 1. The maximum absolute atomic E-state index is 12.3. The van der Waals surface area contributed by atoms with Crippen LogP contribution in [0.25, 0.3) is 0 Å². The fourth-order valence-electron chi connectivity index (χ4n) is 2.50. The number of esters is 1. The molecule has 0 aliphatic rings. The number of hydrogen-bond donors (Lipinski definition) is 3.